The van der Waals surface area contributed by atoms with E-state index in [9.17, 15) is 31.1 Å². The number of halogens is 6. The van der Waals surface area contributed by atoms with Crippen LogP contribution in [0.2, 0.25) is 0 Å². The highest BCUT2D eigenvalue weighted by atomic mass is 19.3. The van der Waals surface area contributed by atoms with E-state index < -0.39 is 30.7 Å². The zero-order valence-electron chi connectivity index (χ0n) is 6.12. The third-order valence-corrected chi connectivity index (χ3v) is 1.21. The van der Waals surface area contributed by atoms with Crippen molar-refractivity contribution in [3.05, 3.63) is 0 Å². The molecular weight excluding hydrogens is 206 g/mol. The van der Waals surface area contributed by atoms with Gasteiger partial charge in [0.1, 0.15) is 0 Å². The largest absolute Gasteiger partial charge is 0.477 e. The summed E-state index contributed by atoms with van der Waals surface area (Å²) >= 11 is 0. The molecule has 78 valence electrons. The lowest BCUT2D eigenvalue weighted by atomic mass is 10.1. The van der Waals surface area contributed by atoms with Gasteiger partial charge >= 0.3 is 23.7 Å². The molecule has 0 aliphatic carbocycles. The van der Waals surface area contributed by atoms with Crippen LogP contribution in [0.3, 0.4) is 0 Å². The molecule has 0 aliphatic heterocycles. The van der Waals surface area contributed by atoms with Gasteiger partial charge in [-0.05, 0) is 0 Å². The third kappa shape index (κ3) is 1.70. The molecule has 2 nitrogen and oxygen atoms in total. The lowest BCUT2D eigenvalue weighted by molar-refractivity contribution is -0.297. The number of carbonyl (C=O) groups is 1. The Labute approximate surface area is 68.1 Å². The highest BCUT2D eigenvalue weighted by Crippen LogP contribution is 2.45. The molecule has 0 bridgehead atoms. The molecule has 0 aromatic carbocycles. The van der Waals surface area contributed by atoms with Crippen LogP contribution in [0.5, 0.6) is 0 Å². The topological polar surface area (TPSA) is 37.3 Å². The van der Waals surface area contributed by atoms with Crippen LogP contribution in [0.1, 0.15) is 6.92 Å². The van der Waals surface area contributed by atoms with Crippen LogP contribution in [0, 0.1) is 0 Å². The molecule has 1 N–H and O–H groups in total. The molecule has 0 unspecified atom stereocenters. The van der Waals surface area contributed by atoms with Gasteiger partial charge in [-0.25, -0.2) is 4.79 Å². The molecule has 0 saturated heterocycles. The fourth-order valence-electron chi connectivity index (χ4n) is 0.410. The van der Waals surface area contributed by atoms with E-state index in [4.69, 9.17) is 5.11 Å². The zero-order chi connectivity index (χ0) is 11.1. The molecule has 0 aromatic rings. The molecule has 0 aliphatic rings. The van der Waals surface area contributed by atoms with Crippen LogP contribution in [0.15, 0.2) is 0 Å². The summed E-state index contributed by atoms with van der Waals surface area (Å²) < 4.78 is 71.9. The minimum Gasteiger partial charge on any atom is -0.477 e. The van der Waals surface area contributed by atoms with E-state index in [2.05, 4.69) is 0 Å². The van der Waals surface area contributed by atoms with Gasteiger partial charge < -0.3 is 5.11 Å². The van der Waals surface area contributed by atoms with Crippen molar-refractivity contribution in [2.75, 3.05) is 0 Å². The second kappa shape index (κ2) is 2.78. The predicted molar refractivity (Wildman–Crippen MR) is 28.2 cm³/mol. The number of rotatable bonds is 3. The van der Waals surface area contributed by atoms with Crippen LogP contribution in [-0.4, -0.2) is 28.8 Å². The molecule has 0 fully saturated rings. The Morgan fingerprint density at radius 1 is 1.08 bits per heavy atom. The van der Waals surface area contributed by atoms with E-state index in [1.807, 2.05) is 0 Å². The summed E-state index contributed by atoms with van der Waals surface area (Å²) in [5.74, 6) is -20.1. The van der Waals surface area contributed by atoms with Gasteiger partial charge in [0.05, 0.1) is 0 Å². The van der Waals surface area contributed by atoms with Crippen molar-refractivity contribution in [3.63, 3.8) is 0 Å². The fraction of sp³-hybridized carbons (Fsp3) is 0.800. The Bertz CT molecular complexity index is 218. The van der Waals surface area contributed by atoms with E-state index >= 15 is 0 Å². The number of carboxylic acids is 1. The second-order valence-corrected chi connectivity index (χ2v) is 2.34. The van der Waals surface area contributed by atoms with E-state index in [0.29, 0.717) is 0 Å². The molecule has 0 spiro atoms. The lowest BCUT2D eigenvalue weighted by Gasteiger charge is -2.27. The van der Waals surface area contributed by atoms with Gasteiger partial charge in [0.25, 0.3) is 0 Å². The first kappa shape index (κ1) is 12.0. The number of aliphatic carboxylic acids is 1. The second-order valence-electron chi connectivity index (χ2n) is 2.34. The van der Waals surface area contributed by atoms with Crippen molar-refractivity contribution in [1.29, 1.82) is 0 Å². The standard InChI is InChI=1S/C5H4F6O2/c1-3(6,7)5(10,11)4(8,9)2(12)13/h1H3,(H,12,13). The zero-order valence-corrected chi connectivity index (χ0v) is 6.12. The molecule has 0 rings (SSSR count). The van der Waals surface area contributed by atoms with Crippen LogP contribution >= 0.6 is 0 Å². The van der Waals surface area contributed by atoms with Gasteiger partial charge in [0.15, 0.2) is 0 Å². The first-order valence-corrected chi connectivity index (χ1v) is 2.81. The Morgan fingerprint density at radius 3 is 1.46 bits per heavy atom. The van der Waals surface area contributed by atoms with Crippen molar-refractivity contribution in [2.24, 2.45) is 0 Å². The number of hydrogen-bond acceptors (Lipinski definition) is 1. The average molecular weight is 210 g/mol. The predicted octanol–water partition coefficient (Wildman–Crippen LogP) is 2.00. The van der Waals surface area contributed by atoms with Crippen molar-refractivity contribution in [1.82, 2.24) is 0 Å². The SMILES string of the molecule is CC(F)(F)C(F)(F)C(F)(F)C(=O)O. The molecule has 0 amide bonds. The molecule has 0 atom stereocenters. The maximum atomic E-state index is 12.1. The van der Waals surface area contributed by atoms with Crippen molar-refractivity contribution in [3.8, 4) is 0 Å². The number of hydrogen-bond donors (Lipinski definition) is 1. The van der Waals surface area contributed by atoms with Crippen molar-refractivity contribution in [2.45, 2.75) is 24.7 Å². The summed E-state index contributed by atoms with van der Waals surface area (Å²) in [6.07, 6.45) is 0. The molecule has 8 heteroatoms. The molecule has 0 heterocycles. The Balaban J connectivity index is 5.16. The average Bonchev–Trinajstić information content (AvgIpc) is 1.84. The van der Waals surface area contributed by atoms with Crippen LogP contribution in [0.4, 0.5) is 26.3 Å². The molecule has 0 aromatic heterocycles. The van der Waals surface area contributed by atoms with E-state index in [0.717, 1.165) is 0 Å². The third-order valence-electron chi connectivity index (χ3n) is 1.21. The first-order valence-electron chi connectivity index (χ1n) is 2.81. The monoisotopic (exact) mass is 210 g/mol. The summed E-state index contributed by atoms with van der Waals surface area (Å²) in [7, 11) is 0. The maximum absolute atomic E-state index is 12.1. The quantitative estimate of drug-likeness (QED) is 0.723. The van der Waals surface area contributed by atoms with Crippen molar-refractivity contribution >= 4 is 5.97 Å². The van der Waals surface area contributed by atoms with Crippen LogP contribution < -0.4 is 0 Å². The summed E-state index contributed by atoms with van der Waals surface area (Å²) in [6.45, 7) is -0.482. The normalized spacial score (nSPS) is 14.4. The lowest BCUT2D eigenvalue weighted by Crippen LogP contribution is -2.56. The highest BCUT2D eigenvalue weighted by Gasteiger charge is 2.73. The molecule has 0 radical (unpaired) electrons. The summed E-state index contributed by atoms with van der Waals surface area (Å²) in [4.78, 5) is 9.55. The molecular formula is C5H4F6O2. The minimum atomic E-state index is -5.91. The minimum absolute atomic E-state index is 0.482. The van der Waals surface area contributed by atoms with E-state index in [1.54, 1.807) is 0 Å². The first-order chi connectivity index (χ1) is 5.44. The Kier molecular flexibility index (Phi) is 2.57. The number of alkyl halides is 6. The molecule has 13 heavy (non-hydrogen) atoms. The smallest absolute Gasteiger partial charge is 0.410 e. The number of carboxylic acid groups (broad SMARTS) is 1. The summed E-state index contributed by atoms with van der Waals surface area (Å²) in [5, 5.41) is 7.58. The van der Waals surface area contributed by atoms with Gasteiger partial charge in [-0.2, -0.15) is 26.3 Å². The van der Waals surface area contributed by atoms with Gasteiger partial charge in [0.2, 0.25) is 0 Å². The summed E-state index contributed by atoms with van der Waals surface area (Å²) in [5.41, 5.74) is 0. The maximum Gasteiger partial charge on any atom is 0.410 e. The van der Waals surface area contributed by atoms with E-state index in [-0.39, 0.29) is 0 Å². The molecule has 0 saturated carbocycles. The van der Waals surface area contributed by atoms with Crippen molar-refractivity contribution < 1.29 is 36.2 Å². The van der Waals surface area contributed by atoms with Crippen LogP contribution in [0.25, 0.3) is 0 Å². The van der Waals surface area contributed by atoms with E-state index in [1.165, 1.54) is 0 Å². The fourth-order valence-corrected chi connectivity index (χ4v) is 0.410. The summed E-state index contributed by atoms with van der Waals surface area (Å²) in [6, 6.07) is 0. The van der Waals surface area contributed by atoms with Crippen LogP contribution in [-0.2, 0) is 4.79 Å². The Hall–Kier alpha value is -0.950. The van der Waals surface area contributed by atoms with Gasteiger partial charge in [-0.1, -0.05) is 0 Å². The van der Waals surface area contributed by atoms with Gasteiger partial charge in [-0.3, -0.25) is 0 Å². The van der Waals surface area contributed by atoms with Gasteiger partial charge in [0, 0.05) is 6.92 Å². The highest BCUT2D eigenvalue weighted by molar-refractivity contribution is 5.77. The Morgan fingerprint density at radius 2 is 1.38 bits per heavy atom. The van der Waals surface area contributed by atoms with Gasteiger partial charge in [-0.15, -0.1) is 0 Å².